The Morgan fingerprint density at radius 1 is 1.38 bits per heavy atom. The Morgan fingerprint density at radius 2 is 2.00 bits per heavy atom. The molecule has 1 aliphatic rings. The number of nitrogens with zero attached hydrogens (tertiary/aromatic N) is 1. The fraction of sp³-hybridized carbons (Fsp3) is 0.417. The summed E-state index contributed by atoms with van der Waals surface area (Å²) >= 11 is 0. The molecule has 0 aromatic heterocycles. The summed E-state index contributed by atoms with van der Waals surface area (Å²) in [5, 5.41) is 5.03. The first-order chi connectivity index (χ1) is 9.84. The smallest absolute Gasteiger partial charge is 0.254 e. The Balaban J connectivity index is 2.45. The Hall–Kier alpha value is -1.71. The Morgan fingerprint density at radius 3 is 2.52 bits per heavy atom. The molecule has 116 valence electrons. The highest BCUT2D eigenvalue weighted by atomic mass is 32.2. The van der Waals surface area contributed by atoms with Crippen LogP contribution in [0.2, 0.25) is 0 Å². The number of benzene rings is 1. The van der Waals surface area contributed by atoms with Crippen molar-refractivity contribution >= 4 is 15.9 Å². The quantitative estimate of drug-likeness (QED) is 0.843. The van der Waals surface area contributed by atoms with Crippen LogP contribution in [0, 0.1) is 5.82 Å². The molecule has 9 heteroatoms. The molecule has 21 heavy (non-hydrogen) atoms. The first kappa shape index (κ1) is 15.7. The molecule has 7 nitrogen and oxygen atoms in total. The minimum absolute atomic E-state index is 0.0979. The normalized spacial score (nSPS) is 15.9. The van der Waals surface area contributed by atoms with Crippen LogP contribution in [0.5, 0.6) is 5.75 Å². The predicted octanol–water partition coefficient (Wildman–Crippen LogP) is -0.0459. The molecule has 0 aliphatic carbocycles. The van der Waals surface area contributed by atoms with E-state index in [4.69, 9.17) is 14.6 Å². The maximum Gasteiger partial charge on any atom is 0.254 e. The number of sulfonamides is 1. The van der Waals surface area contributed by atoms with E-state index >= 15 is 0 Å². The van der Waals surface area contributed by atoms with Crippen LogP contribution < -0.4 is 9.88 Å². The maximum atomic E-state index is 13.9. The average Bonchev–Trinajstić information content (AvgIpc) is 2.45. The number of amides is 1. The molecule has 0 unspecified atom stereocenters. The zero-order valence-corrected chi connectivity index (χ0v) is 12.2. The SMILES string of the molecule is COc1c(F)cc(C(=O)N2CCOCC2)cc1S(N)(=O)=O. The fourth-order valence-corrected chi connectivity index (χ4v) is 2.78. The number of carbonyl (C=O) groups is 1. The highest BCUT2D eigenvalue weighted by Gasteiger charge is 2.25. The first-order valence-corrected chi connectivity index (χ1v) is 7.66. The zero-order chi connectivity index (χ0) is 15.6. The molecule has 0 atom stereocenters. The molecule has 2 rings (SSSR count). The largest absolute Gasteiger partial charge is 0.492 e. The third kappa shape index (κ3) is 3.31. The minimum Gasteiger partial charge on any atom is -0.492 e. The van der Waals surface area contributed by atoms with Crippen LogP contribution >= 0.6 is 0 Å². The van der Waals surface area contributed by atoms with Crippen molar-refractivity contribution in [2.45, 2.75) is 4.90 Å². The number of hydrogen-bond donors (Lipinski definition) is 1. The van der Waals surface area contributed by atoms with E-state index in [2.05, 4.69) is 0 Å². The molecule has 1 aromatic rings. The lowest BCUT2D eigenvalue weighted by Crippen LogP contribution is -2.40. The lowest BCUT2D eigenvalue weighted by molar-refractivity contribution is 0.0302. The highest BCUT2D eigenvalue weighted by Crippen LogP contribution is 2.28. The van der Waals surface area contributed by atoms with Gasteiger partial charge in [0.1, 0.15) is 4.90 Å². The lowest BCUT2D eigenvalue weighted by atomic mass is 10.1. The summed E-state index contributed by atoms with van der Waals surface area (Å²) in [4.78, 5) is 13.2. The third-order valence-corrected chi connectivity index (χ3v) is 3.98. The minimum atomic E-state index is -4.22. The first-order valence-electron chi connectivity index (χ1n) is 6.12. The number of hydrogen-bond acceptors (Lipinski definition) is 5. The van der Waals surface area contributed by atoms with Crippen molar-refractivity contribution in [2.24, 2.45) is 5.14 Å². The van der Waals surface area contributed by atoms with E-state index in [0.717, 1.165) is 19.2 Å². The Bertz CT molecular complexity index is 656. The number of primary sulfonamides is 1. The van der Waals surface area contributed by atoms with Gasteiger partial charge in [-0.15, -0.1) is 0 Å². The Kier molecular flexibility index (Phi) is 4.45. The summed E-state index contributed by atoms with van der Waals surface area (Å²) in [5.41, 5.74) is -0.0979. The molecule has 1 heterocycles. The molecule has 1 saturated heterocycles. The van der Waals surface area contributed by atoms with Crippen LogP contribution in [-0.2, 0) is 14.8 Å². The van der Waals surface area contributed by atoms with Gasteiger partial charge in [-0.2, -0.15) is 0 Å². The standard InChI is InChI=1S/C12H15FN2O5S/c1-19-11-9(13)6-8(7-10(11)21(14,17)18)12(16)15-2-4-20-5-3-15/h6-7H,2-5H2,1H3,(H2,14,17,18). The van der Waals surface area contributed by atoms with Gasteiger partial charge in [0.25, 0.3) is 5.91 Å². The predicted molar refractivity (Wildman–Crippen MR) is 71.0 cm³/mol. The molecule has 1 aliphatic heterocycles. The van der Waals surface area contributed by atoms with Crippen molar-refractivity contribution in [3.8, 4) is 5.75 Å². The van der Waals surface area contributed by atoms with E-state index in [-0.39, 0.29) is 5.56 Å². The molecule has 1 fully saturated rings. The van der Waals surface area contributed by atoms with Gasteiger partial charge >= 0.3 is 0 Å². The number of nitrogens with two attached hydrogens (primary N) is 1. The highest BCUT2D eigenvalue weighted by molar-refractivity contribution is 7.89. The van der Waals surface area contributed by atoms with Gasteiger partial charge in [-0.3, -0.25) is 4.79 Å². The van der Waals surface area contributed by atoms with Gasteiger partial charge in [0, 0.05) is 18.7 Å². The van der Waals surface area contributed by atoms with E-state index in [0.29, 0.717) is 26.3 Å². The molecule has 0 spiro atoms. The number of carbonyl (C=O) groups excluding carboxylic acids is 1. The van der Waals surface area contributed by atoms with Crippen LogP contribution in [0.4, 0.5) is 4.39 Å². The van der Waals surface area contributed by atoms with Gasteiger partial charge in [0.2, 0.25) is 10.0 Å². The summed E-state index contributed by atoms with van der Waals surface area (Å²) in [6.07, 6.45) is 0. The van der Waals surface area contributed by atoms with Gasteiger partial charge in [0.15, 0.2) is 11.6 Å². The number of methoxy groups -OCH3 is 1. The van der Waals surface area contributed by atoms with Crippen molar-refractivity contribution in [3.63, 3.8) is 0 Å². The Labute approximate surface area is 121 Å². The maximum absolute atomic E-state index is 13.9. The molecule has 0 saturated carbocycles. The molecule has 0 radical (unpaired) electrons. The molecule has 0 bridgehead atoms. The van der Waals surface area contributed by atoms with Crippen molar-refractivity contribution in [1.82, 2.24) is 4.90 Å². The summed E-state index contributed by atoms with van der Waals surface area (Å²) in [6, 6.07) is 1.96. The van der Waals surface area contributed by atoms with E-state index in [1.807, 2.05) is 0 Å². The molecule has 1 amide bonds. The van der Waals surface area contributed by atoms with Crippen LogP contribution in [0.3, 0.4) is 0 Å². The van der Waals surface area contributed by atoms with E-state index in [9.17, 15) is 17.6 Å². The second-order valence-electron chi connectivity index (χ2n) is 4.44. The number of halogens is 1. The van der Waals surface area contributed by atoms with Gasteiger partial charge in [-0.05, 0) is 12.1 Å². The molecule has 2 N–H and O–H groups in total. The summed E-state index contributed by atoms with van der Waals surface area (Å²) in [6.45, 7) is 1.48. The van der Waals surface area contributed by atoms with Crippen LogP contribution in [0.1, 0.15) is 10.4 Å². The summed E-state index contributed by atoms with van der Waals surface area (Å²) in [7, 11) is -3.09. The third-order valence-electron chi connectivity index (χ3n) is 3.07. The zero-order valence-electron chi connectivity index (χ0n) is 11.3. The molecular formula is C12H15FN2O5S. The summed E-state index contributed by atoms with van der Waals surface area (Å²) < 4.78 is 46.8. The number of rotatable bonds is 3. The van der Waals surface area contributed by atoms with Crippen molar-refractivity contribution < 1.29 is 27.1 Å². The van der Waals surface area contributed by atoms with Crippen molar-refractivity contribution in [1.29, 1.82) is 0 Å². The molecule has 1 aromatic carbocycles. The number of ether oxygens (including phenoxy) is 2. The van der Waals surface area contributed by atoms with E-state index in [1.54, 1.807) is 0 Å². The van der Waals surface area contributed by atoms with Crippen molar-refractivity contribution in [3.05, 3.63) is 23.5 Å². The topological polar surface area (TPSA) is 98.9 Å². The van der Waals surface area contributed by atoms with E-state index in [1.165, 1.54) is 4.90 Å². The summed E-state index contributed by atoms with van der Waals surface area (Å²) in [5.74, 6) is -1.94. The van der Waals surface area contributed by atoms with Gasteiger partial charge in [-0.1, -0.05) is 0 Å². The van der Waals surface area contributed by atoms with Gasteiger partial charge in [0.05, 0.1) is 20.3 Å². The van der Waals surface area contributed by atoms with Crippen molar-refractivity contribution in [2.75, 3.05) is 33.4 Å². The average molecular weight is 318 g/mol. The lowest BCUT2D eigenvalue weighted by Gasteiger charge is -2.27. The van der Waals surface area contributed by atoms with Gasteiger partial charge in [-0.25, -0.2) is 17.9 Å². The second kappa shape index (κ2) is 5.96. The van der Waals surface area contributed by atoms with Crippen LogP contribution in [-0.4, -0.2) is 52.6 Å². The fourth-order valence-electron chi connectivity index (χ4n) is 2.05. The van der Waals surface area contributed by atoms with Crippen LogP contribution in [0.25, 0.3) is 0 Å². The monoisotopic (exact) mass is 318 g/mol. The molecular weight excluding hydrogens is 303 g/mol. The second-order valence-corrected chi connectivity index (χ2v) is 5.97. The van der Waals surface area contributed by atoms with E-state index < -0.39 is 32.4 Å². The van der Waals surface area contributed by atoms with Crippen LogP contribution in [0.15, 0.2) is 17.0 Å². The number of morpholine rings is 1. The van der Waals surface area contributed by atoms with Gasteiger partial charge < -0.3 is 14.4 Å².